The first-order chi connectivity index (χ1) is 12.6. The summed E-state index contributed by atoms with van der Waals surface area (Å²) in [5, 5.41) is 4.51. The van der Waals surface area contributed by atoms with Gasteiger partial charge in [-0.2, -0.15) is 5.10 Å². The molecule has 0 fully saturated rings. The molecule has 5 nitrogen and oxygen atoms in total. The van der Waals surface area contributed by atoms with Crippen molar-refractivity contribution >= 4 is 5.97 Å². The summed E-state index contributed by atoms with van der Waals surface area (Å²) in [6.07, 6.45) is 0. The first-order valence-corrected chi connectivity index (χ1v) is 8.47. The van der Waals surface area contributed by atoms with Crippen molar-refractivity contribution in [3.63, 3.8) is 0 Å². The molecule has 0 atom stereocenters. The maximum atomic E-state index is 12.6. The number of aryl methyl sites for hydroxylation is 1. The molecule has 0 aliphatic carbocycles. The lowest BCUT2D eigenvalue weighted by Gasteiger charge is -2.09. The van der Waals surface area contributed by atoms with E-state index in [1.807, 2.05) is 73.1 Å². The van der Waals surface area contributed by atoms with Crippen LogP contribution in [0.3, 0.4) is 0 Å². The van der Waals surface area contributed by atoms with Crippen LogP contribution in [0.5, 0.6) is 5.75 Å². The molecule has 0 N–H and O–H groups in total. The van der Waals surface area contributed by atoms with Crippen molar-refractivity contribution < 1.29 is 14.3 Å². The third-order valence-electron chi connectivity index (χ3n) is 4.31. The zero-order valence-corrected chi connectivity index (χ0v) is 15.2. The maximum absolute atomic E-state index is 12.6. The van der Waals surface area contributed by atoms with Gasteiger partial charge in [0, 0.05) is 5.56 Å². The Labute approximate surface area is 153 Å². The van der Waals surface area contributed by atoms with E-state index in [2.05, 4.69) is 5.10 Å². The molecule has 0 unspecified atom stereocenters. The molecule has 0 radical (unpaired) electrons. The van der Waals surface area contributed by atoms with Crippen molar-refractivity contribution in [2.75, 3.05) is 7.11 Å². The Morgan fingerprint density at radius 1 is 1.04 bits per heavy atom. The molecular formula is C21H22N2O3. The zero-order valence-electron chi connectivity index (χ0n) is 15.2. The highest BCUT2D eigenvalue weighted by Crippen LogP contribution is 2.20. The summed E-state index contributed by atoms with van der Waals surface area (Å²) in [5.74, 6) is 0.332. The number of hydrogen-bond acceptors (Lipinski definition) is 4. The van der Waals surface area contributed by atoms with Crippen LogP contribution < -0.4 is 4.74 Å². The molecule has 1 heterocycles. The minimum atomic E-state index is -0.370. The molecule has 0 saturated heterocycles. The summed E-state index contributed by atoms with van der Waals surface area (Å²) in [6.45, 7) is 4.50. The van der Waals surface area contributed by atoms with E-state index in [4.69, 9.17) is 9.47 Å². The highest BCUT2D eigenvalue weighted by molar-refractivity contribution is 5.91. The number of carbonyl (C=O) groups excluding carboxylic acids is 1. The number of aromatic nitrogens is 2. The molecular weight excluding hydrogens is 328 g/mol. The van der Waals surface area contributed by atoms with Crippen LogP contribution in [-0.2, 0) is 17.9 Å². The van der Waals surface area contributed by atoms with Gasteiger partial charge in [-0.1, -0.05) is 48.5 Å². The van der Waals surface area contributed by atoms with Gasteiger partial charge in [0.05, 0.1) is 25.0 Å². The summed E-state index contributed by atoms with van der Waals surface area (Å²) in [5.41, 5.74) is 3.96. The number of benzene rings is 2. The van der Waals surface area contributed by atoms with Gasteiger partial charge in [-0.15, -0.1) is 0 Å². The van der Waals surface area contributed by atoms with Crippen LogP contribution in [0.15, 0.2) is 54.6 Å². The first-order valence-electron chi connectivity index (χ1n) is 8.47. The predicted octanol–water partition coefficient (Wildman–Crippen LogP) is 3.91. The van der Waals surface area contributed by atoms with Gasteiger partial charge in [-0.05, 0) is 25.5 Å². The Kier molecular flexibility index (Phi) is 5.37. The molecule has 1 aromatic heterocycles. The monoisotopic (exact) mass is 350 g/mol. The average Bonchev–Trinajstić information content (AvgIpc) is 2.94. The van der Waals surface area contributed by atoms with Gasteiger partial charge >= 0.3 is 5.97 Å². The number of para-hydroxylation sites is 1. The lowest BCUT2D eigenvalue weighted by atomic mass is 10.2. The summed E-state index contributed by atoms with van der Waals surface area (Å²) >= 11 is 0. The van der Waals surface area contributed by atoms with Crippen LogP contribution in [0.1, 0.15) is 32.9 Å². The molecule has 2 aromatic carbocycles. The summed E-state index contributed by atoms with van der Waals surface area (Å²) in [7, 11) is 1.60. The van der Waals surface area contributed by atoms with Crippen LogP contribution in [0.25, 0.3) is 0 Å². The molecule has 0 bridgehead atoms. The quantitative estimate of drug-likeness (QED) is 0.633. The second kappa shape index (κ2) is 7.87. The molecule has 0 saturated carbocycles. The Hall–Kier alpha value is -3.08. The number of ether oxygens (including phenoxy) is 2. The fourth-order valence-corrected chi connectivity index (χ4v) is 2.94. The van der Waals surface area contributed by atoms with Crippen molar-refractivity contribution in [2.45, 2.75) is 27.0 Å². The third kappa shape index (κ3) is 3.77. The van der Waals surface area contributed by atoms with Crippen molar-refractivity contribution in [2.24, 2.45) is 0 Å². The van der Waals surface area contributed by atoms with Gasteiger partial charge in [-0.3, -0.25) is 4.68 Å². The van der Waals surface area contributed by atoms with Crippen LogP contribution in [0.4, 0.5) is 0 Å². The molecule has 3 rings (SSSR count). The minimum absolute atomic E-state index is 0.158. The van der Waals surface area contributed by atoms with E-state index in [1.54, 1.807) is 7.11 Å². The van der Waals surface area contributed by atoms with Crippen LogP contribution in [0.2, 0.25) is 0 Å². The smallest absolute Gasteiger partial charge is 0.342 e. The largest absolute Gasteiger partial charge is 0.496 e. The number of esters is 1. The number of nitrogens with zero attached hydrogens (tertiary/aromatic N) is 2. The molecule has 0 aliphatic rings. The molecule has 5 heteroatoms. The van der Waals surface area contributed by atoms with Crippen molar-refractivity contribution in [3.05, 3.63) is 82.7 Å². The van der Waals surface area contributed by atoms with E-state index in [1.165, 1.54) is 0 Å². The molecule has 26 heavy (non-hydrogen) atoms. The van der Waals surface area contributed by atoms with Crippen LogP contribution in [-0.4, -0.2) is 22.9 Å². The number of carbonyl (C=O) groups is 1. The Balaban J connectivity index is 1.75. The van der Waals surface area contributed by atoms with E-state index < -0.39 is 0 Å². The van der Waals surface area contributed by atoms with Crippen LogP contribution in [0, 0.1) is 13.8 Å². The topological polar surface area (TPSA) is 53.4 Å². The van der Waals surface area contributed by atoms with Gasteiger partial charge in [0.1, 0.15) is 17.9 Å². The Bertz CT molecular complexity index is 901. The zero-order chi connectivity index (χ0) is 18.5. The van der Waals surface area contributed by atoms with Gasteiger partial charge in [0.25, 0.3) is 0 Å². The fraction of sp³-hybridized carbons (Fsp3) is 0.238. The predicted molar refractivity (Wildman–Crippen MR) is 99.4 cm³/mol. The van der Waals surface area contributed by atoms with Crippen molar-refractivity contribution in [1.29, 1.82) is 0 Å². The second-order valence-corrected chi connectivity index (χ2v) is 6.08. The van der Waals surface area contributed by atoms with Gasteiger partial charge in [-0.25, -0.2) is 4.79 Å². The molecule has 134 valence electrons. The van der Waals surface area contributed by atoms with E-state index in [9.17, 15) is 4.79 Å². The number of hydrogen-bond donors (Lipinski definition) is 0. The normalized spacial score (nSPS) is 10.6. The average molecular weight is 350 g/mol. The second-order valence-electron chi connectivity index (χ2n) is 6.08. The molecule has 0 amide bonds. The minimum Gasteiger partial charge on any atom is -0.496 e. The van der Waals surface area contributed by atoms with E-state index in [-0.39, 0.29) is 12.6 Å². The highest BCUT2D eigenvalue weighted by Gasteiger charge is 2.20. The van der Waals surface area contributed by atoms with E-state index in [0.717, 1.165) is 16.8 Å². The van der Waals surface area contributed by atoms with E-state index >= 15 is 0 Å². The summed E-state index contributed by atoms with van der Waals surface area (Å²) in [6, 6.07) is 17.5. The summed E-state index contributed by atoms with van der Waals surface area (Å²) < 4.78 is 12.6. The third-order valence-corrected chi connectivity index (χ3v) is 4.31. The van der Waals surface area contributed by atoms with Crippen LogP contribution >= 0.6 is 0 Å². The fourth-order valence-electron chi connectivity index (χ4n) is 2.94. The summed E-state index contributed by atoms with van der Waals surface area (Å²) in [4.78, 5) is 12.6. The Morgan fingerprint density at radius 2 is 1.73 bits per heavy atom. The Morgan fingerprint density at radius 3 is 2.46 bits per heavy atom. The van der Waals surface area contributed by atoms with Crippen molar-refractivity contribution in [1.82, 2.24) is 9.78 Å². The maximum Gasteiger partial charge on any atom is 0.342 e. The number of methoxy groups -OCH3 is 1. The van der Waals surface area contributed by atoms with Gasteiger partial charge in [0.2, 0.25) is 0 Å². The molecule has 3 aromatic rings. The molecule has 0 aliphatic heterocycles. The first kappa shape index (κ1) is 17.7. The SMILES string of the molecule is COc1ccccc1COC(=O)c1c(C)nn(Cc2ccccc2)c1C. The lowest BCUT2D eigenvalue weighted by molar-refractivity contribution is 0.0468. The van der Waals surface area contributed by atoms with Gasteiger partial charge < -0.3 is 9.47 Å². The number of rotatable bonds is 6. The van der Waals surface area contributed by atoms with Gasteiger partial charge in [0.15, 0.2) is 0 Å². The standard InChI is InChI=1S/C21H22N2O3/c1-15-20(16(2)23(22-15)13-17-9-5-4-6-10-17)21(24)26-14-18-11-7-8-12-19(18)25-3/h4-12H,13-14H2,1-3H3. The van der Waals surface area contributed by atoms with Crippen molar-refractivity contribution in [3.8, 4) is 5.75 Å². The highest BCUT2D eigenvalue weighted by atomic mass is 16.5. The molecule has 0 spiro atoms. The van der Waals surface area contributed by atoms with E-state index in [0.29, 0.717) is 23.6 Å². The lowest BCUT2D eigenvalue weighted by Crippen LogP contribution is -2.09.